The lowest BCUT2D eigenvalue weighted by Gasteiger charge is -2.28. The van der Waals surface area contributed by atoms with E-state index >= 15 is 0 Å². The highest BCUT2D eigenvalue weighted by molar-refractivity contribution is 7.13. The lowest BCUT2D eigenvalue weighted by molar-refractivity contribution is -0.113. The number of nitrogen functional groups attached to an aromatic ring is 1. The predicted octanol–water partition coefficient (Wildman–Crippen LogP) is 2.98. The van der Waals surface area contributed by atoms with Crippen molar-refractivity contribution in [3.8, 4) is 11.5 Å². The number of thiazole rings is 1. The van der Waals surface area contributed by atoms with Crippen molar-refractivity contribution in [3.63, 3.8) is 0 Å². The largest absolute Gasteiger partial charge is 0.535 e. The van der Waals surface area contributed by atoms with Crippen molar-refractivity contribution >= 4 is 41.1 Å². The lowest BCUT2D eigenvalue weighted by Crippen LogP contribution is -2.37. The summed E-state index contributed by atoms with van der Waals surface area (Å²) in [5.41, 5.74) is 7.64. The summed E-state index contributed by atoms with van der Waals surface area (Å²) >= 11 is 1.16. The Kier molecular flexibility index (Phi) is 7.86. The summed E-state index contributed by atoms with van der Waals surface area (Å²) in [6.45, 7) is 2.28. The maximum absolute atomic E-state index is 13.2. The summed E-state index contributed by atoms with van der Waals surface area (Å²) in [6.07, 6.45) is 0.124. The monoisotopic (exact) mass is 509 g/mol. The Hall–Kier alpha value is -3.90. The summed E-state index contributed by atoms with van der Waals surface area (Å²) in [4.78, 5) is 34.1. The van der Waals surface area contributed by atoms with Crippen LogP contribution in [0, 0.1) is 6.92 Å². The second-order valence-electron chi connectivity index (χ2n) is 8.20. The molecule has 1 aliphatic heterocycles. The van der Waals surface area contributed by atoms with E-state index in [4.69, 9.17) is 20.0 Å². The number of rotatable bonds is 10. The van der Waals surface area contributed by atoms with Crippen LogP contribution in [0.1, 0.15) is 33.6 Å². The zero-order valence-corrected chi connectivity index (χ0v) is 20.2. The summed E-state index contributed by atoms with van der Waals surface area (Å²) in [7, 11) is -1.37. The number of benzene rings is 2. The van der Waals surface area contributed by atoms with E-state index in [1.807, 2.05) is 31.2 Å². The number of nitrogens with two attached hydrogens (primary N) is 1. The highest BCUT2D eigenvalue weighted by Crippen LogP contribution is 2.36. The van der Waals surface area contributed by atoms with Gasteiger partial charge in [0.1, 0.15) is 23.8 Å². The fourth-order valence-electron chi connectivity index (χ4n) is 3.74. The van der Waals surface area contributed by atoms with Crippen molar-refractivity contribution < 1.29 is 33.9 Å². The molecule has 0 amide bonds. The zero-order valence-electron chi connectivity index (χ0n) is 19.4. The number of anilines is 1. The average molecular weight is 509 g/mol. The van der Waals surface area contributed by atoms with Crippen LogP contribution in [0.5, 0.6) is 11.5 Å². The van der Waals surface area contributed by atoms with Crippen molar-refractivity contribution in [1.29, 1.82) is 0 Å². The number of carbonyl (C=O) groups excluding carboxylic acids is 1. The molecule has 0 aliphatic carbocycles. The number of hydrogen-bond donors (Lipinski definition) is 3. The molecule has 0 saturated carbocycles. The maximum Gasteiger partial charge on any atom is 0.526 e. The lowest BCUT2D eigenvalue weighted by atomic mass is 9.64. The van der Waals surface area contributed by atoms with Gasteiger partial charge in [-0.2, -0.15) is 0 Å². The van der Waals surface area contributed by atoms with Gasteiger partial charge in [-0.15, -0.1) is 11.3 Å². The van der Waals surface area contributed by atoms with E-state index in [2.05, 4.69) is 10.1 Å². The van der Waals surface area contributed by atoms with Crippen LogP contribution in [0.2, 0.25) is 5.82 Å². The van der Waals surface area contributed by atoms with Crippen molar-refractivity contribution in [2.45, 2.75) is 25.6 Å². The molecule has 1 aromatic heterocycles. The predicted molar refractivity (Wildman–Crippen MR) is 135 cm³/mol. The number of ketones is 1. The quantitative estimate of drug-likeness (QED) is 0.162. The molecule has 3 aromatic rings. The van der Waals surface area contributed by atoms with Crippen molar-refractivity contribution in [3.05, 3.63) is 70.2 Å². The normalized spacial score (nSPS) is 15.1. The number of aromatic nitrogens is 1. The third-order valence-electron chi connectivity index (χ3n) is 5.55. The number of Topliss-reactive ketones (excluding diaryl/α,β-unsaturated/α-hetero) is 1. The molecule has 2 aromatic carbocycles. The van der Waals surface area contributed by atoms with E-state index in [9.17, 15) is 19.7 Å². The van der Waals surface area contributed by atoms with Crippen LogP contribution in [-0.2, 0) is 16.1 Å². The van der Waals surface area contributed by atoms with Gasteiger partial charge in [0.15, 0.2) is 23.2 Å². The maximum atomic E-state index is 13.2. The highest BCUT2D eigenvalue weighted by Gasteiger charge is 2.38. The van der Waals surface area contributed by atoms with Gasteiger partial charge in [0, 0.05) is 17.6 Å². The topological polar surface area (TPSA) is 154 Å². The van der Waals surface area contributed by atoms with Gasteiger partial charge in [-0.3, -0.25) is 4.79 Å². The second-order valence-corrected chi connectivity index (χ2v) is 9.09. The number of oxime groups is 1. The number of para-hydroxylation sites is 1. The van der Waals surface area contributed by atoms with Gasteiger partial charge in [-0.1, -0.05) is 35.0 Å². The van der Waals surface area contributed by atoms with Gasteiger partial charge >= 0.3 is 13.1 Å². The summed E-state index contributed by atoms with van der Waals surface area (Å²) < 4.78 is 11.1. The van der Waals surface area contributed by atoms with Crippen molar-refractivity contribution in [2.75, 3.05) is 18.9 Å². The molecule has 12 heteroatoms. The van der Waals surface area contributed by atoms with Crippen LogP contribution in [0.25, 0.3) is 0 Å². The summed E-state index contributed by atoms with van der Waals surface area (Å²) in [5, 5.41) is 25.7. The van der Waals surface area contributed by atoms with E-state index in [1.54, 1.807) is 17.5 Å². The molecular formula is C24H24BN3O7S. The molecule has 36 heavy (non-hydrogen) atoms. The number of carbonyl (C=O) groups is 2. The molecule has 0 fully saturated rings. The van der Waals surface area contributed by atoms with Crippen LogP contribution < -0.4 is 15.1 Å². The Morgan fingerprint density at radius 3 is 2.72 bits per heavy atom. The second kappa shape index (κ2) is 11.2. The van der Waals surface area contributed by atoms with Crippen molar-refractivity contribution in [2.24, 2.45) is 5.16 Å². The molecule has 0 unspecified atom stereocenters. The van der Waals surface area contributed by atoms with Crippen LogP contribution in [0.3, 0.4) is 0 Å². The highest BCUT2D eigenvalue weighted by atomic mass is 32.1. The standard InChI is InChI=1S/C24H24BN3O7S/c1-14-5-7-17(8-6-14)33-9-10-34-28-21(19-13-36-24(26)27-19)20(29)12-16-11-15-3-2-4-18(23(30)31)22(15)35-25(16)32/h2-8,13,16,32H,9-12H2,1H3,(H2,26,27)(H,30,31)/b28-21-/t16-/m1/s1. The molecule has 186 valence electrons. The Morgan fingerprint density at radius 2 is 2.03 bits per heavy atom. The first kappa shape index (κ1) is 25.2. The first-order valence-electron chi connectivity index (χ1n) is 11.2. The van der Waals surface area contributed by atoms with E-state index in [0.29, 0.717) is 11.3 Å². The van der Waals surface area contributed by atoms with Crippen LogP contribution in [0.4, 0.5) is 5.13 Å². The molecule has 4 N–H and O–H groups in total. The van der Waals surface area contributed by atoms with Gasteiger partial charge in [-0.25, -0.2) is 9.78 Å². The minimum atomic E-state index is -1.37. The molecule has 10 nitrogen and oxygen atoms in total. The third-order valence-corrected chi connectivity index (χ3v) is 6.22. The molecule has 0 radical (unpaired) electrons. The molecular weight excluding hydrogens is 485 g/mol. The molecule has 4 rings (SSSR count). The minimum absolute atomic E-state index is 0.0319. The number of carboxylic acids is 1. The Balaban J connectivity index is 1.43. The van der Waals surface area contributed by atoms with Gasteiger partial charge in [0.05, 0.1) is 5.56 Å². The van der Waals surface area contributed by atoms with Gasteiger partial charge in [0.25, 0.3) is 0 Å². The number of carboxylic acid groups (broad SMARTS) is 1. The van der Waals surface area contributed by atoms with E-state index in [-0.39, 0.29) is 53.9 Å². The van der Waals surface area contributed by atoms with E-state index in [1.165, 1.54) is 6.07 Å². The molecule has 0 spiro atoms. The van der Waals surface area contributed by atoms with Gasteiger partial charge in [0.2, 0.25) is 0 Å². The zero-order chi connectivity index (χ0) is 25.7. The Labute approximate surface area is 211 Å². The van der Waals surface area contributed by atoms with Crippen LogP contribution >= 0.6 is 11.3 Å². The van der Waals surface area contributed by atoms with E-state index < -0.39 is 24.7 Å². The number of ether oxygens (including phenoxy) is 1. The van der Waals surface area contributed by atoms with Crippen LogP contribution in [-0.4, -0.2) is 52.9 Å². The Bertz CT molecular complexity index is 1280. The van der Waals surface area contributed by atoms with E-state index in [0.717, 1.165) is 16.9 Å². The fraction of sp³-hybridized carbons (Fsp3) is 0.250. The van der Waals surface area contributed by atoms with Gasteiger partial charge in [-0.05, 0) is 37.1 Å². The van der Waals surface area contributed by atoms with Crippen molar-refractivity contribution in [1.82, 2.24) is 4.98 Å². The molecule has 1 atom stereocenters. The summed E-state index contributed by atoms with van der Waals surface area (Å²) in [5.74, 6) is -1.41. The van der Waals surface area contributed by atoms with Crippen LogP contribution in [0.15, 0.2) is 53.0 Å². The molecule has 0 bridgehead atoms. The average Bonchev–Trinajstić information content (AvgIpc) is 3.28. The smallest absolute Gasteiger partial charge is 0.526 e. The number of hydrogen-bond acceptors (Lipinski definition) is 10. The first-order valence-corrected chi connectivity index (χ1v) is 12.0. The molecule has 1 aliphatic rings. The summed E-state index contributed by atoms with van der Waals surface area (Å²) in [6, 6.07) is 12.3. The first-order chi connectivity index (χ1) is 17.3. The number of aromatic carboxylic acids is 1. The SMILES string of the molecule is Cc1ccc(OCCO/N=C(\C(=O)C[C@H]2Cc3cccc(C(=O)O)c3OB2O)c2csc(N)n2)cc1. The Morgan fingerprint density at radius 1 is 1.25 bits per heavy atom. The number of nitrogens with zero attached hydrogens (tertiary/aromatic N) is 2. The number of aryl methyl sites for hydroxylation is 1. The molecule has 2 heterocycles. The number of fused-ring (bicyclic) bond motifs is 1. The third kappa shape index (κ3) is 6.02. The molecule has 0 saturated heterocycles. The van der Waals surface area contributed by atoms with Gasteiger partial charge < -0.3 is 30.1 Å². The minimum Gasteiger partial charge on any atom is -0.535 e. The fourth-order valence-corrected chi connectivity index (χ4v) is 4.29.